The highest BCUT2D eigenvalue weighted by atomic mass is 16.4. The molecule has 1 heterocycles. The fourth-order valence-electron chi connectivity index (χ4n) is 1.48. The number of carboxylic acid groups (broad SMARTS) is 1. The summed E-state index contributed by atoms with van der Waals surface area (Å²) in [7, 11) is 1.50. The van der Waals surface area contributed by atoms with Crippen LogP contribution in [0.5, 0.6) is 0 Å². The van der Waals surface area contributed by atoms with E-state index in [4.69, 9.17) is 5.11 Å². The highest BCUT2D eigenvalue weighted by Crippen LogP contribution is 2.27. The zero-order chi connectivity index (χ0) is 11.3. The van der Waals surface area contributed by atoms with Gasteiger partial charge >= 0.3 is 6.09 Å². The van der Waals surface area contributed by atoms with Crippen LogP contribution < -0.4 is 16.0 Å². The minimum atomic E-state index is -0.894. The number of para-hydroxylation sites is 2. The average Bonchev–Trinajstić information content (AvgIpc) is 2.31. The molecule has 0 bridgehead atoms. The molecule has 0 spiro atoms. The maximum Gasteiger partial charge on any atom is 0.411 e. The predicted octanol–water partition coefficient (Wildman–Crippen LogP) is 1.17. The van der Waals surface area contributed by atoms with E-state index in [0.717, 1.165) is 11.4 Å². The monoisotopic (exact) mass is 209 g/mol. The lowest BCUT2D eigenvalue weighted by molar-refractivity contribution is 0.202. The van der Waals surface area contributed by atoms with Crippen LogP contribution in [-0.2, 0) is 0 Å². The molecule has 0 fully saturated rings. The summed E-state index contributed by atoms with van der Waals surface area (Å²) in [5.41, 5.74) is 6.12. The molecule has 5 nitrogen and oxygen atoms in total. The number of nitrogens with two attached hydrogens (primary N) is 1. The van der Waals surface area contributed by atoms with E-state index < -0.39 is 6.09 Å². The Hall–Kier alpha value is -1.75. The molecule has 0 saturated heterocycles. The molecule has 5 heteroatoms. The van der Waals surface area contributed by atoms with Crippen molar-refractivity contribution in [3.8, 4) is 0 Å². The second kappa shape index (κ2) is 5.21. The van der Waals surface area contributed by atoms with Crippen LogP contribution in [0.3, 0.4) is 0 Å². The molecular weight excluding hydrogens is 194 g/mol. The molecule has 1 amide bonds. The SMILES string of the molecule is CN.O=C(O)N1CCNc2ccccc21. The van der Waals surface area contributed by atoms with Gasteiger partial charge in [0.2, 0.25) is 0 Å². The number of benzene rings is 1. The molecule has 1 aromatic rings. The summed E-state index contributed by atoms with van der Waals surface area (Å²) in [5, 5.41) is 12.0. The second-order valence-corrected chi connectivity index (χ2v) is 2.88. The van der Waals surface area contributed by atoms with Gasteiger partial charge in [0.15, 0.2) is 0 Å². The molecule has 1 aliphatic rings. The number of hydrogen-bond acceptors (Lipinski definition) is 3. The lowest BCUT2D eigenvalue weighted by atomic mass is 10.2. The fourth-order valence-corrected chi connectivity index (χ4v) is 1.48. The Kier molecular flexibility index (Phi) is 3.93. The number of carbonyl (C=O) groups is 1. The zero-order valence-corrected chi connectivity index (χ0v) is 8.60. The maximum absolute atomic E-state index is 10.8. The summed E-state index contributed by atoms with van der Waals surface area (Å²) in [6, 6.07) is 7.40. The van der Waals surface area contributed by atoms with Gasteiger partial charge in [-0.05, 0) is 19.2 Å². The standard InChI is InChI=1S/C9H10N2O2.CH5N/c12-9(13)11-6-5-10-7-3-1-2-4-8(7)11;1-2/h1-4,10H,5-6H2,(H,12,13);2H2,1H3. The van der Waals surface area contributed by atoms with Crippen molar-refractivity contribution >= 4 is 17.5 Å². The first-order chi connectivity index (χ1) is 7.29. The molecule has 82 valence electrons. The van der Waals surface area contributed by atoms with Crippen LogP contribution >= 0.6 is 0 Å². The predicted molar refractivity (Wildman–Crippen MR) is 60.4 cm³/mol. The zero-order valence-electron chi connectivity index (χ0n) is 8.60. The third-order valence-corrected chi connectivity index (χ3v) is 2.08. The molecule has 0 radical (unpaired) electrons. The van der Waals surface area contributed by atoms with Crippen molar-refractivity contribution in [1.82, 2.24) is 0 Å². The summed E-state index contributed by atoms with van der Waals surface area (Å²) < 4.78 is 0. The van der Waals surface area contributed by atoms with Gasteiger partial charge in [0.1, 0.15) is 0 Å². The van der Waals surface area contributed by atoms with Crippen LogP contribution in [0, 0.1) is 0 Å². The number of rotatable bonds is 0. The largest absolute Gasteiger partial charge is 0.465 e. The van der Waals surface area contributed by atoms with E-state index >= 15 is 0 Å². The average molecular weight is 209 g/mol. The van der Waals surface area contributed by atoms with E-state index in [-0.39, 0.29) is 0 Å². The van der Waals surface area contributed by atoms with Crippen molar-refractivity contribution in [1.29, 1.82) is 0 Å². The van der Waals surface area contributed by atoms with E-state index in [1.807, 2.05) is 18.2 Å². The summed E-state index contributed by atoms with van der Waals surface area (Å²) in [4.78, 5) is 12.2. The Morgan fingerprint density at radius 1 is 1.47 bits per heavy atom. The van der Waals surface area contributed by atoms with Gasteiger partial charge in [0, 0.05) is 13.1 Å². The summed E-state index contributed by atoms with van der Waals surface area (Å²) in [5.74, 6) is 0. The van der Waals surface area contributed by atoms with Gasteiger partial charge in [-0.1, -0.05) is 12.1 Å². The van der Waals surface area contributed by atoms with Crippen molar-refractivity contribution in [2.24, 2.45) is 5.73 Å². The lowest BCUT2D eigenvalue weighted by Crippen LogP contribution is -2.37. The van der Waals surface area contributed by atoms with Crippen molar-refractivity contribution in [3.63, 3.8) is 0 Å². The molecule has 0 aromatic heterocycles. The molecule has 0 saturated carbocycles. The molecule has 15 heavy (non-hydrogen) atoms. The Balaban J connectivity index is 0.000000531. The number of nitrogens with zero attached hydrogens (tertiary/aromatic N) is 1. The first-order valence-electron chi connectivity index (χ1n) is 4.70. The Morgan fingerprint density at radius 2 is 2.13 bits per heavy atom. The van der Waals surface area contributed by atoms with E-state index in [1.54, 1.807) is 6.07 Å². The van der Waals surface area contributed by atoms with E-state index in [0.29, 0.717) is 13.1 Å². The van der Waals surface area contributed by atoms with Gasteiger partial charge < -0.3 is 16.2 Å². The Labute approximate surface area is 88.5 Å². The van der Waals surface area contributed by atoms with Gasteiger partial charge in [-0.15, -0.1) is 0 Å². The fraction of sp³-hybridized carbons (Fsp3) is 0.300. The minimum Gasteiger partial charge on any atom is -0.465 e. The van der Waals surface area contributed by atoms with Gasteiger partial charge in [-0.25, -0.2) is 4.79 Å². The van der Waals surface area contributed by atoms with Crippen molar-refractivity contribution in [2.45, 2.75) is 0 Å². The molecule has 0 unspecified atom stereocenters. The quantitative estimate of drug-likeness (QED) is 0.599. The van der Waals surface area contributed by atoms with Gasteiger partial charge in [0.05, 0.1) is 11.4 Å². The van der Waals surface area contributed by atoms with Crippen LogP contribution in [-0.4, -0.2) is 31.3 Å². The molecular formula is C10H15N3O2. The first kappa shape index (κ1) is 11.3. The first-order valence-corrected chi connectivity index (χ1v) is 4.70. The molecule has 0 aliphatic carbocycles. The number of anilines is 2. The third-order valence-electron chi connectivity index (χ3n) is 2.08. The third kappa shape index (κ3) is 2.38. The molecule has 1 aromatic carbocycles. The lowest BCUT2D eigenvalue weighted by Gasteiger charge is -2.27. The number of hydrogen-bond donors (Lipinski definition) is 3. The van der Waals surface area contributed by atoms with Gasteiger partial charge in [0.25, 0.3) is 0 Å². The van der Waals surface area contributed by atoms with Crippen molar-refractivity contribution < 1.29 is 9.90 Å². The van der Waals surface area contributed by atoms with E-state index in [1.165, 1.54) is 11.9 Å². The second-order valence-electron chi connectivity index (χ2n) is 2.88. The minimum absolute atomic E-state index is 0.506. The number of fused-ring (bicyclic) bond motifs is 1. The molecule has 4 N–H and O–H groups in total. The Bertz CT molecular complexity index is 341. The summed E-state index contributed by atoms with van der Waals surface area (Å²) in [6.07, 6.45) is -0.894. The van der Waals surface area contributed by atoms with Crippen LogP contribution in [0.4, 0.5) is 16.2 Å². The summed E-state index contributed by atoms with van der Waals surface area (Å²) >= 11 is 0. The molecule has 1 aliphatic heterocycles. The van der Waals surface area contributed by atoms with E-state index in [9.17, 15) is 4.79 Å². The Morgan fingerprint density at radius 3 is 2.80 bits per heavy atom. The smallest absolute Gasteiger partial charge is 0.411 e. The maximum atomic E-state index is 10.8. The topological polar surface area (TPSA) is 78.6 Å². The van der Waals surface area contributed by atoms with E-state index in [2.05, 4.69) is 11.1 Å². The van der Waals surface area contributed by atoms with Gasteiger partial charge in [-0.2, -0.15) is 0 Å². The van der Waals surface area contributed by atoms with Crippen LogP contribution in [0.15, 0.2) is 24.3 Å². The number of nitrogens with one attached hydrogen (secondary N) is 1. The normalized spacial score (nSPS) is 13.1. The number of amides is 1. The van der Waals surface area contributed by atoms with Crippen molar-refractivity contribution in [3.05, 3.63) is 24.3 Å². The molecule has 2 rings (SSSR count). The highest BCUT2D eigenvalue weighted by molar-refractivity contribution is 5.92. The summed E-state index contributed by atoms with van der Waals surface area (Å²) in [6.45, 7) is 1.18. The molecule has 0 atom stereocenters. The van der Waals surface area contributed by atoms with Crippen LogP contribution in [0.1, 0.15) is 0 Å². The van der Waals surface area contributed by atoms with Gasteiger partial charge in [-0.3, -0.25) is 4.90 Å². The highest BCUT2D eigenvalue weighted by Gasteiger charge is 2.20. The van der Waals surface area contributed by atoms with Crippen LogP contribution in [0.2, 0.25) is 0 Å². The van der Waals surface area contributed by atoms with Crippen molar-refractivity contribution in [2.75, 3.05) is 30.4 Å². The van der Waals surface area contributed by atoms with Crippen LogP contribution in [0.25, 0.3) is 0 Å².